The van der Waals surface area contributed by atoms with E-state index in [9.17, 15) is 9.59 Å². The highest BCUT2D eigenvalue weighted by molar-refractivity contribution is 9.25. The lowest BCUT2D eigenvalue weighted by atomic mass is 10.1. The van der Waals surface area contributed by atoms with Crippen molar-refractivity contribution in [1.82, 2.24) is 4.90 Å². The second kappa shape index (κ2) is 3.04. The van der Waals surface area contributed by atoms with Gasteiger partial charge in [-0.2, -0.15) is 0 Å². The average Bonchev–Trinajstić information content (AvgIpc) is 2.47. The summed E-state index contributed by atoms with van der Waals surface area (Å²) < 4.78 is -0.109. The Morgan fingerprint density at radius 3 is 2.36 bits per heavy atom. The molecule has 2 aliphatic rings. The number of hydrogen-bond donors (Lipinski definition) is 0. The van der Waals surface area contributed by atoms with Crippen LogP contribution in [0.5, 0.6) is 0 Å². The van der Waals surface area contributed by atoms with E-state index in [2.05, 4.69) is 31.9 Å². The van der Waals surface area contributed by atoms with E-state index in [0.717, 1.165) is 0 Å². The van der Waals surface area contributed by atoms with Gasteiger partial charge in [0.1, 0.15) is 0 Å². The molecular weight excluding hydrogens is 314 g/mol. The van der Waals surface area contributed by atoms with Crippen molar-refractivity contribution in [2.45, 2.75) is 23.1 Å². The third-order valence-corrected chi connectivity index (χ3v) is 5.39. The van der Waals surface area contributed by atoms with Crippen LogP contribution < -0.4 is 0 Å². The molecule has 0 radical (unpaired) electrons. The van der Waals surface area contributed by atoms with Crippen molar-refractivity contribution < 1.29 is 9.59 Å². The van der Waals surface area contributed by atoms with E-state index < -0.39 is 0 Å². The summed E-state index contributed by atoms with van der Waals surface area (Å²) in [4.78, 5) is 24.4. The van der Waals surface area contributed by atoms with Gasteiger partial charge in [0.05, 0.1) is 9.28 Å². The van der Waals surface area contributed by atoms with Crippen molar-refractivity contribution in [1.29, 1.82) is 0 Å². The van der Waals surface area contributed by atoms with Gasteiger partial charge in [0.25, 0.3) is 0 Å². The maximum absolute atomic E-state index is 11.5. The van der Waals surface area contributed by atoms with Gasteiger partial charge in [0.15, 0.2) is 5.78 Å². The molecule has 1 heterocycles. The molecule has 2 rings (SSSR count). The van der Waals surface area contributed by atoms with Gasteiger partial charge >= 0.3 is 0 Å². The van der Waals surface area contributed by atoms with Gasteiger partial charge in [-0.05, 0) is 6.92 Å². The summed E-state index contributed by atoms with van der Waals surface area (Å²) in [5.41, 5.74) is 0. The number of hydrogen-bond acceptors (Lipinski definition) is 2. The van der Waals surface area contributed by atoms with E-state index in [4.69, 9.17) is 0 Å². The summed E-state index contributed by atoms with van der Waals surface area (Å²) >= 11 is 7.08. The Morgan fingerprint density at radius 1 is 1.36 bits per heavy atom. The van der Waals surface area contributed by atoms with Crippen LogP contribution in [0, 0.1) is 11.8 Å². The number of nitrogens with zero attached hydrogens (tertiary/aromatic N) is 1. The molecule has 78 valence electrons. The Hall–Kier alpha value is 0.1000. The van der Waals surface area contributed by atoms with Crippen molar-refractivity contribution in [3.63, 3.8) is 0 Å². The lowest BCUT2D eigenvalue weighted by Gasteiger charge is -2.26. The normalized spacial score (nSPS) is 38.0. The molecular formula is C9H11Br2NO2. The molecule has 5 heteroatoms. The fourth-order valence-corrected chi connectivity index (χ4v) is 4.13. The van der Waals surface area contributed by atoms with E-state index in [0.29, 0.717) is 12.5 Å². The number of ketones is 1. The first-order chi connectivity index (χ1) is 6.37. The first-order valence-corrected chi connectivity index (χ1v) is 6.11. The maximum Gasteiger partial charge on any atom is 0.220 e. The number of amides is 1. The van der Waals surface area contributed by atoms with E-state index in [1.807, 2.05) is 0 Å². The number of carbonyl (C=O) groups is 2. The van der Waals surface area contributed by atoms with Gasteiger partial charge in [-0.3, -0.25) is 9.59 Å². The predicted molar refractivity (Wildman–Crippen MR) is 59.4 cm³/mol. The van der Waals surface area contributed by atoms with Crippen LogP contribution >= 0.6 is 31.9 Å². The largest absolute Gasteiger partial charge is 0.332 e. The first kappa shape index (κ1) is 10.6. The zero-order valence-corrected chi connectivity index (χ0v) is 11.1. The second-order valence-electron chi connectivity index (χ2n) is 4.03. The van der Waals surface area contributed by atoms with Crippen molar-refractivity contribution in [2.75, 3.05) is 6.54 Å². The van der Waals surface area contributed by atoms with Crippen LogP contribution in [0.2, 0.25) is 0 Å². The van der Waals surface area contributed by atoms with Crippen LogP contribution in [0.15, 0.2) is 0 Å². The number of halogens is 2. The molecule has 0 N–H and O–H groups in total. The molecule has 0 aromatic carbocycles. The minimum atomic E-state index is -0.240. The summed E-state index contributed by atoms with van der Waals surface area (Å²) in [5, 5.41) is 0. The molecule has 3 nitrogen and oxygen atoms in total. The van der Waals surface area contributed by atoms with Crippen molar-refractivity contribution >= 4 is 43.6 Å². The Kier molecular flexibility index (Phi) is 2.31. The standard InChI is InChI=1S/C9H11Br2NO2/c1-4(13)8-7-6(9(7,10)11)3-12(8)5(2)14/h6-8H,3H2,1-2H3/t6-,7-,8+/m0/s1. The SMILES string of the molecule is CC(=O)[C@@H]1[C@@H]2[C@H](CN1C(C)=O)C2(Br)Br. The third-order valence-electron chi connectivity index (χ3n) is 3.15. The van der Waals surface area contributed by atoms with Gasteiger partial charge in [-0.1, -0.05) is 31.9 Å². The predicted octanol–water partition coefficient (Wildman–Crippen LogP) is 1.54. The molecule has 3 atom stereocenters. The number of carbonyl (C=O) groups excluding carboxylic acids is 2. The number of Topliss-reactive ketones (excluding diaryl/α,β-unsaturated/α-hetero) is 1. The quantitative estimate of drug-likeness (QED) is 0.686. The van der Waals surface area contributed by atoms with Gasteiger partial charge < -0.3 is 4.90 Å². The highest BCUT2D eigenvalue weighted by atomic mass is 79.9. The van der Waals surface area contributed by atoms with Crippen LogP contribution in [0.25, 0.3) is 0 Å². The minimum Gasteiger partial charge on any atom is -0.332 e. The van der Waals surface area contributed by atoms with E-state index in [1.54, 1.807) is 11.8 Å². The molecule has 1 aliphatic carbocycles. The van der Waals surface area contributed by atoms with E-state index in [1.165, 1.54) is 6.92 Å². The Balaban J connectivity index is 2.23. The highest BCUT2D eigenvalue weighted by Crippen LogP contribution is 2.67. The molecule has 0 bridgehead atoms. The number of alkyl halides is 2. The van der Waals surface area contributed by atoms with Gasteiger partial charge in [0, 0.05) is 25.3 Å². The van der Waals surface area contributed by atoms with Crippen molar-refractivity contribution in [3.8, 4) is 0 Å². The second-order valence-corrected chi connectivity index (χ2v) is 7.72. The smallest absolute Gasteiger partial charge is 0.220 e. The summed E-state index contributed by atoms with van der Waals surface area (Å²) in [6.45, 7) is 3.75. The summed E-state index contributed by atoms with van der Waals surface area (Å²) in [5.74, 6) is 0.686. The molecule has 1 saturated carbocycles. The van der Waals surface area contributed by atoms with Gasteiger partial charge in [-0.25, -0.2) is 0 Å². The molecule has 0 spiro atoms. The van der Waals surface area contributed by atoms with Crippen LogP contribution in [-0.2, 0) is 9.59 Å². The molecule has 0 aromatic rings. The zero-order valence-electron chi connectivity index (χ0n) is 7.96. The summed E-state index contributed by atoms with van der Waals surface area (Å²) in [6, 6.07) is -0.240. The lowest BCUT2D eigenvalue weighted by Crippen LogP contribution is -2.43. The summed E-state index contributed by atoms with van der Waals surface area (Å²) in [7, 11) is 0. The number of piperidine rings is 1. The third kappa shape index (κ3) is 1.28. The van der Waals surface area contributed by atoms with Gasteiger partial charge in [0.2, 0.25) is 5.91 Å². The molecule has 1 amide bonds. The number of likely N-dealkylation sites (tertiary alicyclic amines) is 1. The Bertz CT molecular complexity index is 316. The Morgan fingerprint density at radius 2 is 1.93 bits per heavy atom. The fourth-order valence-electron chi connectivity index (χ4n) is 2.40. The fraction of sp³-hybridized carbons (Fsp3) is 0.778. The molecule has 14 heavy (non-hydrogen) atoms. The van der Waals surface area contributed by atoms with Gasteiger partial charge in [-0.15, -0.1) is 0 Å². The van der Waals surface area contributed by atoms with Crippen LogP contribution in [0.3, 0.4) is 0 Å². The van der Waals surface area contributed by atoms with Crippen LogP contribution in [-0.4, -0.2) is 32.4 Å². The van der Waals surface area contributed by atoms with Crippen LogP contribution in [0.1, 0.15) is 13.8 Å². The summed E-state index contributed by atoms with van der Waals surface area (Å²) in [6.07, 6.45) is 0. The number of rotatable bonds is 1. The highest BCUT2D eigenvalue weighted by Gasteiger charge is 2.71. The Labute approximate surface area is 99.5 Å². The van der Waals surface area contributed by atoms with E-state index >= 15 is 0 Å². The average molecular weight is 325 g/mol. The minimum absolute atomic E-state index is 0.00630. The molecule has 0 aromatic heterocycles. The monoisotopic (exact) mass is 323 g/mol. The zero-order chi connectivity index (χ0) is 10.7. The topological polar surface area (TPSA) is 37.4 Å². The maximum atomic E-state index is 11.5. The van der Waals surface area contributed by atoms with Crippen molar-refractivity contribution in [2.24, 2.45) is 11.8 Å². The van der Waals surface area contributed by atoms with E-state index in [-0.39, 0.29) is 26.9 Å². The van der Waals surface area contributed by atoms with Crippen LogP contribution in [0.4, 0.5) is 0 Å². The molecule has 1 saturated heterocycles. The van der Waals surface area contributed by atoms with Crippen molar-refractivity contribution in [3.05, 3.63) is 0 Å². The first-order valence-electron chi connectivity index (χ1n) is 4.53. The molecule has 1 aliphatic heterocycles. The lowest BCUT2D eigenvalue weighted by molar-refractivity contribution is -0.136. The number of fused-ring (bicyclic) bond motifs is 1. The molecule has 0 unspecified atom stereocenters. The molecule has 2 fully saturated rings.